The van der Waals surface area contributed by atoms with Crippen molar-refractivity contribution in [3.8, 4) is 5.75 Å². The van der Waals surface area contributed by atoms with Gasteiger partial charge in [-0.25, -0.2) is 0 Å². The van der Waals surface area contributed by atoms with Crippen LogP contribution in [-0.2, 0) is 9.47 Å². The Morgan fingerprint density at radius 3 is 1.95 bits per heavy atom. The van der Waals surface area contributed by atoms with Crippen molar-refractivity contribution in [1.29, 1.82) is 0 Å². The maximum atomic E-state index is 12.1. The van der Waals surface area contributed by atoms with E-state index in [0.717, 1.165) is 22.5 Å². The van der Waals surface area contributed by atoms with Crippen molar-refractivity contribution in [1.82, 2.24) is 15.0 Å². The number of aromatic hydroxyl groups is 1. The maximum Gasteiger partial charge on any atom is 0.233 e. The minimum Gasteiger partial charge on any atom is -0.508 e. The molecule has 0 saturated heterocycles. The normalized spacial score (nSPS) is 10.7. The molecule has 0 spiro atoms. The molecule has 10 nitrogen and oxygen atoms in total. The number of phenolic OH excluding ortho intramolecular Hbond substituents is 1. The highest BCUT2D eigenvalue weighted by molar-refractivity contribution is 5.95. The van der Waals surface area contributed by atoms with E-state index < -0.39 is 0 Å². The summed E-state index contributed by atoms with van der Waals surface area (Å²) in [5.74, 6) is 1.41. The standard InChI is InChI=1S/C30H34N6O4/c1-22-9-11-24(12-10-22)32-29-34-28(35-30(36-29)33-25-13-15-26(37)16-14-25)31-17-19-40-21-20-39-18-5-8-27(38)23-6-3-2-4-7-23/h2-4,6-7,9-16,37H,5,8,17-21H2,1H3,(H3,31,32,33,34,35,36). The predicted octanol–water partition coefficient (Wildman–Crippen LogP) is 5.48. The van der Waals surface area contributed by atoms with Crippen LogP contribution >= 0.6 is 0 Å². The van der Waals surface area contributed by atoms with E-state index in [1.165, 1.54) is 0 Å². The molecule has 0 unspecified atom stereocenters. The van der Waals surface area contributed by atoms with Crippen LogP contribution in [0.25, 0.3) is 0 Å². The molecule has 0 atom stereocenters. The van der Waals surface area contributed by atoms with Crippen LogP contribution in [-0.4, -0.2) is 58.8 Å². The van der Waals surface area contributed by atoms with Gasteiger partial charge in [-0.05, 0) is 49.7 Å². The van der Waals surface area contributed by atoms with E-state index >= 15 is 0 Å². The average molecular weight is 543 g/mol. The van der Waals surface area contributed by atoms with E-state index in [0.29, 0.717) is 63.7 Å². The number of benzene rings is 3. The topological polar surface area (TPSA) is 131 Å². The van der Waals surface area contributed by atoms with Gasteiger partial charge in [-0.3, -0.25) is 4.79 Å². The number of anilines is 5. The molecular formula is C30H34N6O4. The zero-order valence-electron chi connectivity index (χ0n) is 22.5. The van der Waals surface area contributed by atoms with E-state index in [-0.39, 0.29) is 11.5 Å². The number of aryl methyl sites for hydroxylation is 1. The van der Waals surface area contributed by atoms with Gasteiger partial charge in [0.1, 0.15) is 5.75 Å². The Morgan fingerprint density at radius 1 is 0.725 bits per heavy atom. The molecule has 10 heteroatoms. The highest BCUT2D eigenvalue weighted by atomic mass is 16.5. The number of hydrogen-bond donors (Lipinski definition) is 4. The first kappa shape index (κ1) is 28.5. The Kier molecular flexibility index (Phi) is 10.8. The van der Waals surface area contributed by atoms with Crippen molar-refractivity contribution in [3.63, 3.8) is 0 Å². The third kappa shape index (κ3) is 9.64. The van der Waals surface area contributed by atoms with Crippen LogP contribution in [0.3, 0.4) is 0 Å². The minimum atomic E-state index is 0.128. The number of hydrogen-bond acceptors (Lipinski definition) is 10. The Labute approximate surface area is 233 Å². The van der Waals surface area contributed by atoms with E-state index in [2.05, 4.69) is 30.9 Å². The Hall–Kier alpha value is -4.54. The molecule has 0 fully saturated rings. The first-order chi connectivity index (χ1) is 19.5. The summed E-state index contributed by atoms with van der Waals surface area (Å²) in [6, 6.07) is 23.8. The van der Waals surface area contributed by atoms with Gasteiger partial charge in [0.05, 0.1) is 19.8 Å². The number of aromatic nitrogens is 3. The van der Waals surface area contributed by atoms with Crippen molar-refractivity contribution in [2.75, 3.05) is 48.9 Å². The maximum absolute atomic E-state index is 12.1. The minimum absolute atomic E-state index is 0.128. The first-order valence-electron chi connectivity index (χ1n) is 13.2. The molecule has 0 amide bonds. The van der Waals surface area contributed by atoms with Gasteiger partial charge in [0, 0.05) is 36.5 Å². The number of nitrogens with zero attached hydrogens (tertiary/aromatic N) is 3. The zero-order chi connectivity index (χ0) is 28.0. The van der Waals surface area contributed by atoms with Crippen molar-refractivity contribution in [3.05, 3.63) is 90.0 Å². The summed E-state index contributed by atoms with van der Waals surface area (Å²) in [7, 11) is 0. The van der Waals surface area contributed by atoms with Gasteiger partial charge in [0.15, 0.2) is 5.78 Å². The Morgan fingerprint density at radius 2 is 1.30 bits per heavy atom. The molecular weight excluding hydrogens is 508 g/mol. The lowest BCUT2D eigenvalue weighted by Crippen LogP contribution is -2.15. The molecule has 0 aliphatic carbocycles. The quantitative estimate of drug-likeness (QED) is 0.0820. The second-order valence-electron chi connectivity index (χ2n) is 9.01. The second-order valence-corrected chi connectivity index (χ2v) is 9.01. The molecule has 208 valence electrons. The van der Waals surface area contributed by atoms with E-state index in [4.69, 9.17) is 9.47 Å². The number of ether oxygens (including phenoxy) is 2. The predicted molar refractivity (Wildman–Crippen MR) is 156 cm³/mol. The molecule has 4 aromatic rings. The molecule has 4 rings (SSSR count). The second kappa shape index (κ2) is 15.2. The Bertz CT molecular complexity index is 1270. The summed E-state index contributed by atoms with van der Waals surface area (Å²) in [5, 5.41) is 19.1. The molecule has 0 radical (unpaired) electrons. The SMILES string of the molecule is Cc1ccc(Nc2nc(NCCOCCOCCCC(=O)c3ccccc3)nc(Nc3ccc(O)cc3)n2)cc1. The Balaban J connectivity index is 1.20. The monoisotopic (exact) mass is 542 g/mol. The summed E-state index contributed by atoms with van der Waals surface area (Å²) < 4.78 is 11.2. The highest BCUT2D eigenvalue weighted by Gasteiger charge is 2.08. The number of Topliss-reactive ketones (excluding diaryl/α,β-unsaturated/α-hetero) is 1. The molecule has 3 aromatic carbocycles. The van der Waals surface area contributed by atoms with E-state index in [1.807, 2.05) is 61.5 Å². The van der Waals surface area contributed by atoms with Gasteiger partial charge in [-0.1, -0.05) is 48.0 Å². The highest BCUT2D eigenvalue weighted by Crippen LogP contribution is 2.20. The van der Waals surface area contributed by atoms with Crippen molar-refractivity contribution >= 4 is 35.0 Å². The van der Waals surface area contributed by atoms with Gasteiger partial charge >= 0.3 is 0 Å². The number of ketones is 1. The van der Waals surface area contributed by atoms with Gasteiger partial charge in [-0.15, -0.1) is 0 Å². The van der Waals surface area contributed by atoms with Crippen LogP contribution < -0.4 is 16.0 Å². The van der Waals surface area contributed by atoms with Crippen molar-refractivity contribution < 1.29 is 19.4 Å². The molecule has 0 bridgehead atoms. The number of phenols is 1. The largest absolute Gasteiger partial charge is 0.508 e. The molecule has 1 heterocycles. The molecule has 0 saturated carbocycles. The fourth-order valence-electron chi connectivity index (χ4n) is 3.67. The lowest BCUT2D eigenvalue weighted by Gasteiger charge is -2.12. The van der Waals surface area contributed by atoms with Crippen LogP contribution in [0, 0.1) is 6.92 Å². The molecule has 1 aromatic heterocycles. The van der Waals surface area contributed by atoms with Crippen molar-refractivity contribution in [2.45, 2.75) is 19.8 Å². The van der Waals surface area contributed by atoms with Crippen molar-refractivity contribution in [2.24, 2.45) is 0 Å². The summed E-state index contributed by atoms with van der Waals surface area (Å²) >= 11 is 0. The third-order valence-corrected chi connectivity index (χ3v) is 5.76. The summed E-state index contributed by atoms with van der Waals surface area (Å²) in [6.07, 6.45) is 1.14. The third-order valence-electron chi connectivity index (χ3n) is 5.76. The van der Waals surface area contributed by atoms with Gasteiger partial charge in [0.25, 0.3) is 0 Å². The van der Waals surface area contributed by atoms with Gasteiger partial charge < -0.3 is 30.5 Å². The summed E-state index contributed by atoms with van der Waals surface area (Å²) in [4.78, 5) is 25.5. The van der Waals surface area contributed by atoms with E-state index in [9.17, 15) is 9.90 Å². The van der Waals surface area contributed by atoms with Gasteiger partial charge in [0.2, 0.25) is 17.8 Å². The first-order valence-corrected chi connectivity index (χ1v) is 13.2. The number of nitrogens with one attached hydrogen (secondary N) is 3. The summed E-state index contributed by atoms with van der Waals surface area (Å²) in [6.45, 7) is 4.35. The average Bonchev–Trinajstić information content (AvgIpc) is 2.97. The van der Waals surface area contributed by atoms with Crippen LogP contribution in [0.15, 0.2) is 78.9 Å². The smallest absolute Gasteiger partial charge is 0.233 e. The van der Waals surface area contributed by atoms with Crippen LogP contribution in [0.5, 0.6) is 5.75 Å². The lowest BCUT2D eigenvalue weighted by atomic mass is 10.1. The molecule has 0 aliphatic rings. The molecule has 4 N–H and O–H groups in total. The van der Waals surface area contributed by atoms with Crippen LogP contribution in [0.2, 0.25) is 0 Å². The van der Waals surface area contributed by atoms with Crippen LogP contribution in [0.4, 0.5) is 29.2 Å². The molecule has 0 aliphatic heterocycles. The lowest BCUT2D eigenvalue weighted by molar-refractivity contribution is 0.0497. The van der Waals surface area contributed by atoms with Gasteiger partial charge in [-0.2, -0.15) is 15.0 Å². The fraction of sp³-hybridized carbons (Fsp3) is 0.267. The number of carbonyl (C=O) groups is 1. The fourth-order valence-corrected chi connectivity index (χ4v) is 3.67. The molecule has 40 heavy (non-hydrogen) atoms. The zero-order valence-corrected chi connectivity index (χ0v) is 22.5. The number of rotatable bonds is 16. The van der Waals surface area contributed by atoms with E-state index in [1.54, 1.807) is 24.3 Å². The summed E-state index contributed by atoms with van der Waals surface area (Å²) in [5.41, 5.74) is 3.47. The number of carbonyl (C=O) groups excluding carboxylic acids is 1. The van der Waals surface area contributed by atoms with Crippen LogP contribution in [0.1, 0.15) is 28.8 Å².